The number of unbranched alkanes of at least 4 members (excludes halogenated alkanes) is 4. The molecule has 0 bridgehead atoms. The predicted molar refractivity (Wildman–Crippen MR) is 124 cm³/mol. The standard InChI is InChI=1S/C23H31F3N4O2S/c1-3-5-7-8-9-20(32)30(15-6-4-2)16-14-19(31)27-22-29-28-21(33-22)17-10-12-18(13-11-17)23(24,25)26/h10-13H,3-9,14-16H2,1-2H3,(H,27,29,31). The van der Waals surface area contributed by atoms with E-state index in [1.54, 1.807) is 4.90 Å². The second-order valence-corrected chi connectivity index (χ2v) is 8.81. The van der Waals surface area contributed by atoms with Gasteiger partial charge in [-0.1, -0.05) is 63.0 Å². The average molecular weight is 485 g/mol. The van der Waals surface area contributed by atoms with E-state index in [0.29, 0.717) is 30.1 Å². The topological polar surface area (TPSA) is 75.2 Å². The maximum absolute atomic E-state index is 12.7. The van der Waals surface area contributed by atoms with Crippen LogP contribution in [0, 0.1) is 0 Å². The van der Waals surface area contributed by atoms with E-state index in [2.05, 4.69) is 29.4 Å². The van der Waals surface area contributed by atoms with Crippen LogP contribution in [-0.2, 0) is 15.8 Å². The summed E-state index contributed by atoms with van der Waals surface area (Å²) in [5.41, 5.74) is -0.253. The van der Waals surface area contributed by atoms with Crippen molar-refractivity contribution < 1.29 is 22.8 Å². The molecule has 6 nitrogen and oxygen atoms in total. The molecule has 0 fully saturated rings. The van der Waals surface area contributed by atoms with Gasteiger partial charge in [0, 0.05) is 31.5 Å². The lowest BCUT2D eigenvalue weighted by Crippen LogP contribution is -2.34. The molecule has 2 amide bonds. The van der Waals surface area contributed by atoms with E-state index >= 15 is 0 Å². The molecule has 0 saturated heterocycles. The molecule has 1 heterocycles. The zero-order valence-corrected chi connectivity index (χ0v) is 19.9. The van der Waals surface area contributed by atoms with Gasteiger partial charge in [-0.15, -0.1) is 10.2 Å². The first-order valence-corrected chi connectivity index (χ1v) is 12.1. The van der Waals surface area contributed by atoms with Crippen molar-refractivity contribution in [2.24, 2.45) is 0 Å². The minimum absolute atomic E-state index is 0.0767. The van der Waals surface area contributed by atoms with E-state index in [1.165, 1.54) is 12.1 Å². The fourth-order valence-electron chi connectivity index (χ4n) is 3.18. The second-order valence-electron chi connectivity index (χ2n) is 7.83. The second kappa shape index (κ2) is 13.3. The molecule has 2 rings (SSSR count). The van der Waals surface area contributed by atoms with Gasteiger partial charge in [-0.25, -0.2) is 0 Å². The maximum Gasteiger partial charge on any atom is 0.416 e. The van der Waals surface area contributed by atoms with Crippen molar-refractivity contribution in [3.8, 4) is 10.6 Å². The number of nitrogens with zero attached hydrogens (tertiary/aromatic N) is 3. The summed E-state index contributed by atoms with van der Waals surface area (Å²) >= 11 is 1.08. The summed E-state index contributed by atoms with van der Waals surface area (Å²) in [6.07, 6.45) is 2.19. The zero-order chi connectivity index (χ0) is 24.3. The van der Waals surface area contributed by atoms with Crippen LogP contribution in [0.25, 0.3) is 10.6 Å². The number of hydrogen-bond donors (Lipinski definition) is 1. The molecule has 0 radical (unpaired) electrons. The maximum atomic E-state index is 12.7. The number of rotatable bonds is 13. The van der Waals surface area contributed by atoms with Gasteiger partial charge in [-0.2, -0.15) is 13.2 Å². The summed E-state index contributed by atoms with van der Waals surface area (Å²) in [5, 5.41) is 11.2. The summed E-state index contributed by atoms with van der Waals surface area (Å²) in [4.78, 5) is 26.7. The highest BCUT2D eigenvalue weighted by molar-refractivity contribution is 7.18. The number of hydrogen-bond acceptors (Lipinski definition) is 5. The Morgan fingerprint density at radius 3 is 2.27 bits per heavy atom. The molecule has 1 N–H and O–H groups in total. The number of carbonyl (C=O) groups is 2. The smallest absolute Gasteiger partial charge is 0.342 e. The molecule has 2 aromatic rings. The van der Waals surface area contributed by atoms with Gasteiger partial charge in [0.25, 0.3) is 0 Å². The van der Waals surface area contributed by atoms with Crippen molar-refractivity contribution in [3.63, 3.8) is 0 Å². The molecular formula is C23H31F3N4O2S. The number of aromatic nitrogens is 2. The molecule has 33 heavy (non-hydrogen) atoms. The first-order valence-electron chi connectivity index (χ1n) is 11.3. The van der Waals surface area contributed by atoms with Crippen molar-refractivity contribution in [1.82, 2.24) is 15.1 Å². The van der Waals surface area contributed by atoms with Crippen LogP contribution in [-0.4, -0.2) is 40.0 Å². The normalized spacial score (nSPS) is 11.4. The number of anilines is 1. The first kappa shape index (κ1) is 26.8. The highest BCUT2D eigenvalue weighted by Gasteiger charge is 2.30. The average Bonchev–Trinajstić information content (AvgIpc) is 3.24. The Balaban J connectivity index is 1.88. The van der Waals surface area contributed by atoms with Crippen LogP contribution in [0.3, 0.4) is 0 Å². The molecule has 1 aromatic carbocycles. The Kier molecular flexibility index (Phi) is 10.8. The Morgan fingerprint density at radius 2 is 1.64 bits per heavy atom. The van der Waals surface area contributed by atoms with Crippen molar-refractivity contribution in [1.29, 1.82) is 0 Å². The van der Waals surface area contributed by atoms with Crippen molar-refractivity contribution in [3.05, 3.63) is 29.8 Å². The Morgan fingerprint density at radius 1 is 0.939 bits per heavy atom. The quantitative estimate of drug-likeness (QED) is 0.346. The summed E-state index contributed by atoms with van der Waals surface area (Å²) in [7, 11) is 0. The lowest BCUT2D eigenvalue weighted by molar-refractivity contribution is -0.137. The number of benzene rings is 1. The SMILES string of the molecule is CCCCCCC(=O)N(CCCC)CCC(=O)Nc1nnc(-c2ccc(C(F)(F)F)cc2)s1. The van der Waals surface area contributed by atoms with Gasteiger partial charge in [-0.3, -0.25) is 9.59 Å². The van der Waals surface area contributed by atoms with Crippen LogP contribution in [0.5, 0.6) is 0 Å². The van der Waals surface area contributed by atoms with Gasteiger partial charge in [-0.05, 0) is 25.0 Å². The van der Waals surface area contributed by atoms with Crippen LogP contribution < -0.4 is 5.32 Å². The summed E-state index contributed by atoms with van der Waals surface area (Å²) in [6.45, 7) is 5.15. The molecule has 0 aliphatic carbocycles. The predicted octanol–water partition coefficient (Wildman–Crippen LogP) is 6.15. The third-order valence-electron chi connectivity index (χ3n) is 5.12. The fourth-order valence-corrected chi connectivity index (χ4v) is 3.95. The monoisotopic (exact) mass is 484 g/mol. The van der Waals surface area contributed by atoms with Crippen LogP contribution in [0.4, 0.5) is 18.3 Å². The van der Waals surface area contributed by atoms with Gasteiger partial charge in [0.05, 0.1) is 5.56 Å². The van der Waals surface area contributed by atoms with Gasteiger partial charge < -0.3 is 10.2 Å². The van der Waals surface area contributed by atoms with Crippen molar-refractivity contribution >= 4 is 28.3 Å². The molecule has 0 atom stereocenters. The van der Waals surface area contributed by atoms with E-state index in [-0.39, 0.29) is 23.4 Å². The molecule has 182 valence electrons. The van der Waals surface area contributed by atoms with Gasteiger partial charge >= 0.3 is 6.18 Å². The van der Waals surface area contributed by atoms with Crippen LogP contribution in [0.2, 0.25) is 0 Å². The number of nitrogens with one attached hydrogen (secondary N) is 1. The van der Waals surface area contributed by atoms with Crippen molar-refractivity contribution in [2.45, 2.75) is 71.4 Å². The molecule has 0 saturated carbocycles. The summed E-state index contributed by atoms with van der Waals surface area (Å²) in [5.74, 6) is -0.210. The minimum atomic E-state index is -4.40. The van der Waals surface area contributed by atoms with E-state index in [4.69, 9.17) is 0 Å². The van der Waals surface area contributed by atoms with Gasteiger partial charge in [0.2, 0.25) is 16.9 Å². The minimum Gasteiger partial charge on any atom is -0.342 e. The number of halogens is 3. The fraction of sp³-hybridized carbons (Fsp3) is 0.565. The van der Waals surface area contributed by atoms with E-state index in [0.717, 1.165) is 62.0 Å². The van der Waals surface area contributed by atoms with E-state index < -0.39 is 11.7 Å². The Bertz CT molecular complexity index is 885. The van der Waals surface area contributed by atoms with Gasteiger partial charge in [0.1, 0.15) is 5.01 Å². The zero-order valence-electron chi connectivity index (χ0n) is 19.1. The number of amides is 2. The molecular weight excluding hydrogens is 453 g/mol. The molecule has 0 aliphatic heterocycles. The third kappa shape index (κ3) is 9.11. The Labute approximate surface area is 196 Å². The first-order chi connectivity index (χ1) is 15.7. The molecule has 10 heteroatoms. The highest BCUT2D eigenvalue weighted by atomic mass is 32.1. The number of alkyl halides is 3. The summed E-state index contributed by atoms with van der Waals surface area (Å²) < 4.78 is 38.1. The molecule has 0 unspecified atom stereocenters. The lowest BCUT2D eigenvalue weighted by Gasteiger charge is -2.22. The van der Waals surface area contributed by atoms with Crippen molar-refractivity contribution in [2.75, 3.05) is 18.4 Å². The molecule has 1 aromatic heterocycles. The van der Waals surface area contributed by atoms with Crippen LogP contribution >= 0.6 is 11.3 Å². The lowest BCUT2D eigenvalue weighted by atomic mass is 10.1. The molecule has 0 aliphatic rings. The molecule has 0 spiro atoms. The van der Waals surface area contributed by atoms with Crippen LogP contribution in [0.15, 0.2) is 24.3 Å². The number of carbonyl (C=O) groups excluding carboxylic acids is 2. The van der Waals surface area contributed by atoms with E-state index in [9.17, 15) is 22.8 Å². The van der Waals surface area contributed by atoms with E-state index in [1.807, 2.05) is 0 Å². The van der Waals surface area contributed by atoms with Gasteiger partial charge in [0.15, 0.2) is 0 Å². The summed E-state index contributed by atoms with van der Waals surface area (Å²) in [6, 6.07) is 4.62. The largest absolute Gasteiger partial charge is 0.416 e. The third-order valence-corrected chi connectivity index (χ3v) is 6.01. The van der Waals surface area contributed by atoms with Crippen LogP contribution in [0.1, 0.15) is 70.8 Å². The highest BCUT2D eigenvalue weighted by Crippen LogP contribution is 2.32. The Hall–Kier alpha value is -2.49.